The molecule has 0 atom stereocenters. The maximum atomic E-state index is 10.6. The van der Waals surface area contributed by atoms with Crippen molar-refractivity contribution in [3.63, 3.8) is 0 Å². The van der Waals surface area contributed by atoms with Crippen LogP contribution < -0.4 is 4.72 Å². The maximum absolute atomic E-state index is 10.6. The molecule has 80 valence electrons. The minimum absolute atomic E-state index is 0.342. The number of hydrogen-bond acceptors (Lipinski definition) is 4. The zero-order valence-corrected chi connectivity index (χ0v) is 9.73. The summed E-state index contributed by atoms with van der Waals surface area (Å²) in [5, 5.41) is 8.68. The van der Waals surface area contributed by atoms with Crippen molar-refractivity contribution >= 4 is 18.2 Å². The largest absolute Gasteiger partial charge is 0.301 e. The van der Waals surface area contributed by atoms with Crippen molar-refractivity contribution in [1.29, 1.82) is 5.26 Å². The summed E-state index contributed by atoms with van der Waals surface area (Å²) in [7, 11) is 0. The third-order valence-electron chi connectivity index (χ3n) is 1.42. The highest BCUT2D eigenvalue weighted by Crippen LogP contribution is 2.21. The second kappa shape index (κ2) is 6.23. The molecule has 0 aromatic rings. The monoisotopic (exact) mass is 222 g/mol. The van der Waals surface area contributed by atoms with Gasteiger partial charge in [-0.05, 0) is 31.9 Å². The predicted octanol–water partition coefficient (Wildman–Crippen LogP) is 2.35. The number of carbonyl (C=O) groups is 1. The molecule has 0 bridgehead atoms. The third kappa shape index (κ3) is 5.21. The summed E-state index contributed by atoms with van der Waals surface area (Å²) in [5.74, 6) is 0. The van der Waals surface area contributed by atoms with E-state index in [0.717, 1.165) is 6.29 Å². The molecule has 0 saturated carbocycles. The molecule has 0 rings (SSSR count). The van der Waals surface area contributed by atoms with Gasteiger partial charge in [0.2, 0.25) is 0 Å². The van der Waals surface area contributed by atoms with E-state index in [1.54, 1.807) is 26.0 Å². The Bertz CT molecular complexity index is 337. The van der Waals surface area contributed by atoms with E-state index in [4.69, 9.17) is 5.26 Å². The van der Waals surface area contributed by atoms with Crippen LogP contribution in [0.25, 0.3) is 0 Å². The highest BCUT2D eigenvalue weighted by atomic mass is 32.2. The Morgan fingerprint density at radius 3 is 2.60 bits per heavy atom. The van der Waals surface area contributed by atoms with Gasteiger partial charge < -0.3 is 4.79 Å². The molecular formula is C11H14N2OS. The zero-order valence-electron chi connectivity index (χ0n) is 8.91. The molecule has 3 nitrogen and oxygen atoms in total. The number of allylic oxidation sites excluding steroid dienone is 3. The van der Waals surface area contributed by atoms with Crippen LogP contribution in [0.3, 0.4) is 0 Å². The number of carbonyl (C=O) groups excluding carboxylic acids is 1. The number of hydrogen-bond donors (Lipinski definition) is 1. The van der Waals surface area contributed by atoms with Gasteiger partial charge >= 0.3 is 0 Å². The summed E-state index contributed by atoms with van der Waals surface area (Å²) in [5.41, 5.74) is -0.296. The van der Waals surface area contributed by atoms with Crippen LogP contribution in [0, 0.1) is 11.3 Å². The fourth-order valence-electron chi connectivity index (χ4n) is 0.569. The number of nitriles is 1. The molecule has 0 aliphatic heterocycles. The van der Waals surface area contributed by atoms with Crippen LogP contribution in [0.1, 0.15) is 13.8 Å². The lowest BCUT2D eigenvalue weighted by Gasteiger charge is -2.18. The molecule has 0 aliphatic rings. The van der Waals surface area contributed by atoms with E-state index in [-0.39, 0.29) is 0 Å². The lowest BCUT2D eigenvalue weighted by Crippen LogP contribution is -2.35. The van der Waals surface area contributed by atoms with Crippen LogP contribution >= 0.6 is 11.9 Å². The van der Waals surface area contributed by atoms with Gasteiger partial charge in [0.15, 0.2) is 0 Å². The van der Waals surface area contributed by atoms with Crippen LogP contribution in [0.15, 0.2) is 35.8 Å². The first-order valence-electron chi connectivity index (χ1n) is 4.29. The normalized spacial score (nSPS) is 11.7. The zero-order chi connectivity index (χ0) is 11.9. The minimum atomic E-state index is -0.638. The summed E-state index contributed by atoms with van der Waals surface area (Å²) in [6.45, 7) is 10.6. The van der Waals surface area contributed by atoms with Gasteiger partial charge in [-0.15, -0.1) is 0 Å². The number of nitrogens with zero attached hydrogens (tertiary/aromatic N) is 1. The first-order valence-corrected chi connectivity index (χ1v) is 5.11. The van der Waals surface area contributed by atoms with E-state index in [1.165, 1.54) is 11.9 Å². The van der Waals surface area contributed by atoms with Gasteiger partial charge in [-0.1, -0.05) is 19.2 Å². The summed E-state index contributed by atoms with van der Waals surface area (Å²) in [6.07, 6.45) is 4.05. The minimum Gasteiger partial charge on any atom is -0.301 e. The maximum Gasteiger partial charge on any atom is 0.140 e. The molecule has 4 heteroatoms. The van der Waals surface area contributed by atoms with Crippen LogP contribution in [-0.4, -0.2) is 11.8 Å². The highest BCUT2D eigenvalue weighted by molar-refractivity contribution is 8.01. The molecule has 15 heavy (non-hydrogen) atoms. The first-order chi connectivity index (χ1) is 6.96. The fraction of sp³-hybridized carbons (Fsp3) is 0.273. The van der Waals surface area contributed by atoms with E-state index >= 15 is 0 Å². The Labute approximate surface area is 94.7 Å². The lowest BCUT2D eigenvalue weighted by atomic mass is 10.1. The Morgan fingerprint density at radius 2 is 2.20 bits per heavy atom. The van der Waals surface area contributed by atoms with Crippen LogP contribution in [0.2, 0.25) is 0 Å². The first kappa shape index (κ1) is 13.7. The quantitative estimate of drug-likeness (QED) is 0.324. The predicted molar refractivity (Wildman–Crippen MR) is 63.9 cm³/mol. The molecule has 0 saturated heterocycles. The number of aldehydes is 1. The molecule has 0 radical (unpaired) electrons. The van der Waals surface area contributed by atoms with Gasteiger partial charge in [-0.3, -0.25) is 0 Å². The van der Waals surface area contributed by atoms with Crippen molar-refractivity contribution in [2.24, 2.45) is 0 Å². The highest BCUT2D eigenvalue weighted by Gasteiger charge is 2.16. The molecule has 0 fully saturated rings. The molecule has 0 aromatic heterocycles. The molecule has 0 spiro atoms. The molecule has 0 amide bonds. The van der Waals surface area contributed by atoms with Gasteiger partial charge in [0.1, 0.15) is 6.29 Å². The van der Waals surface area contributed by atoms with Crippen molar-refractivity contribution in [1.82, 2.24) is 4.72 Å². The number of nitrogens with one attached hydrogen (secondary N) is 1. The fourth-order valence-corrected chi connectivity index (χ4v) is 1.32. The Kier molecular flexibility index (Phi) is 5.68. The van der Waals surface area contributed by atoms with E-state index in [0.29, 0.717) is 10.5 Å². The van der Waals surface area contributed by atoms with Gasteiger partial charge in [0.25, 0.3) is 0 Å². The molecule has 1 N–H and O–H groups in total. The molecule has 0 aliphatic carbocycles. The smallest absolute Gasteiger partial charge is 0.140 e. The van der Waals surface area contributed by atoms with Gasteiger partial charge in [-0.25, -0.2) is 4.72 Å². The van der Waals surface area contributed by atoms with Crippen molar-refractivity contribution in [3.8, 4) is 6.07 Å². The van der Waals surface area contributed by atoms with Crippen molar-refractivity contribution in [2.45, 2.75) is 19.4 Å². The van der Waals surface area contributed by atoms with Crippen LogP contribution in [0.5, 0.6) is 0 Å². The Morgan fingerprint density at radius 1 is 1.60 bits per heavy atom. The molecular weight excluding hydrogens is 208 g/mol. The average Bonchev–Trinajstić information content (AvgIpc) is 2.23. The van der Waals surface area contributed by atoms with Gasteiger partial charge in [0.05, 0.1) is 17.2 Å². The Hall–Kier alpha value is -1.31. The summed E-state index contributed by atoms with van der Waals surface area (Å²) in [4.78, 5) is 11.3. The van der Waals surface area contributed by atoms with Gasteiger partial charge in [-0.2, -0.15) is 5.26 Å². The Balaban J connectivity index is 4.54. The third-order valence-corrected chi connectivity index (χ3v) is 2.65. The second-order valence-electron chi connectivity index (χ2n) is 3.40. The summed E-state index contributed by atoms with van der Waals surface area (Å²) < 4.78 is 2.93. The van der Waals surface area contributed by atoms with Gasteiger partial charge in [0, 0.05) is 4.91 Å². The standard InChI is InChI=1S/C11H14N2OS/c1-5-6-10(9(2)7-12)15-13-11(3,4)8-14/h5-6,8,13H,1-2H2,3-4H3/b10-6+. The topological polar surface area (TPSA) is 52.9 Å². The average molecular weight is 222 g/mol. The molecule has 0 heterocycles. The van der Waals surface area contributed by atoms with E-state index in [9.17, 15) is 4.79 Å². The second-order valence-corrected chi connectivity index (χ2v) is 4.25. The molecule has 0 unspecified atom stereocenters. The lowest BCUT2D eigenvalue weighted by molar-refractivity contribution is -0.111. The number of rotatable bonds is 6. The van der Waals surface area contributed by atoms with Crippen molar-refractivity contribution < 1.29 is 4.79 Å². The van der Waals surface area contributed by atoms with Crippen LogP contribution in [0.4, 0.5) is 0 Å². The SMILES string of the molecule is C=C/C=C(/SNC(C)(C)C=O)C(=C)C#N. The van der Waals surface area contributed by atoms with Crippen LogP contribution in [-0.2, 0) is 4.79 Å². The van der Waals surface area contributed by atoms with Crippen molar-refractivity contribution in [3.05, 3.63) is 35.8 Å². The van der Waals surface area contributed by atoms with E-state index in [1.807, 2.05) is 6.07 Å². The van der Waals surface area contributed by atoms with E-state index in [2.05, 4.69) is 17.9 Å². The summed E-state index contributed by atoms with van der Waals surface area (Å²) >= 11 is 1.20. The summed E-state index contributed by atoms with van der Waals surface area (Å²) in [6, 6.07) is 1.94. The molecule has 0 aromatic carbocycles. The van der Waals surface area contributed by atoms with E-state index < -0.39 is 5.54 Å². The van der Waals surface area contributed by atoms with Crippen molar-refractivity contribution in [2.75, 3.05) is 0 Å².